The minimum absolute atomic E-state index is 0.0487. The molecule has 0 aromatic rings. The summed E-state index contributed by atoms with van der Waals surface area (Å²) < 4.78 is 15.2. The SMILES string of the molecule is CC(C)(CO)CN1CCC(Cl)C1(F)C(=O)NCC[C@H](O)CO. The number of alkyl halides is 2. The molecule has 1 amide bonds. The van der Waals surface area contributed by atoms with Gasteiger partial charge in [0.05, 0.1) is 18.1 Å². The molecule has 4 N–H and O–H groups in total. The molecule has 130 valence electrons. The fourth-order valence-corrected chi connectivity index (χ4v) is 2.77. The number of hydrogen-bond acceptors (Lipinski definition) is 5. The Morgan fingerprint density at radius 3 is 2.73 bits per heavy atom. The van der Waals surface area contributed by atoms with Gasteiger partial charge in [0.25, 0.3) is 11.7 Å². The molecule has 22 heavy (non-hydrogen) atoms. The number of amides is 1. The average Bonchev–Trinajstić information content (AvgIpc) is 2.75. The topological polar surface area (TPSA) is 93.0 Å². The molecule has 2 unspecified atom stereocenters. The molecular formula is C14H26ClFN2O4. The van der Waals surface area contributed by atoms with E-state index in [1.54, 1.807) is 13.8 Å². The van der Waals surface area contributed by atoms with Crippen LogP contribution in [0.15, 0.2) is 0 Å². The Labute approximate surface area is 135 Å². The Bertz CT molecular complexity index is 386. The van der Waals surface area contributed by atoms with Crippen molar-refractivity contribution in [3.63, 3.8) is 0 Å². The third kappa shape index (κ3) is 4.52. The predicted molar refractivity (Wildman–Crippen MR) is 81.3 cm³/mol. The lowest BCUT2D eigenvalue weighted by molar-refractivity contribution is -0.145. The van der Waals surface area contributed by atoms with Crippen LogP contribution in [0.2, 0.25) is 0 Å². The maximum Gasteiger partial charge on any atom is 0.274 e. The van der Waals surface area contributed by atoms with Crippen molar-refractivity contribution in [2.24, 2.45) is 5.41 Å². The summed E-state index contributed by atoms with van der Waals surface area (Å²) in [6.45, 7) is 3.61. The van der Waals surface area contributed by atoms with Crippen LogP contribution in [0.1, 0.15) is 26.7 Å². The molecular weight excluding hydrogens is 315 g/mol. The minimum atomic E-state index is -2.34. The lowest BCUT2D eigenvalue weighted by Crippen LogP contribution is -2.58. The summed E-state index contributed by atoms with van der Waals surface area (Å²) in [6, 6.07) is 0. The number of carbonyl (C=O) groups excluding carboxylic acids is 1. The van der Waals surface area contributed by atoms with Crippen molar-refractivity contribution in [1.29, 1.82) is 0 Å². The molecule has 6 nitrogen and oxygen atoms in total. The van der Waals surface area contributed by atoms with E-state index in [0.717, 1.165) is 0 Å². The third-order valence-electron chi connectivity index (χ3n) is 3.87. The number of likely N-dealkylation sites (tertiary alicyclic amines) is 1. The smallest absolute Gasteiger partial charge is 0.274 e. The van der Waals surface area contributed by atoms with Gasteiger partial charge >= 0.3 is 0 Å². The van der Waals surface area contributed by atoms with Crippen molar-refractivity contribution < 1.29 is 24.5 Å². The maximum absolute atomic E-state index is 15.2. The molecule has 0 spiro atoms. The normalized spacial score (nSPS) is 27.9. The van der Waals surface area contributed by atoms with Crippen molar-refractivity contribution >= 4 is 17.5 Å². The second kappa shape index (κ2) is 7.88. The van der Waals surface area contributed by atoms with Gasteiger partial charge in [-0.15, -0.1) is 11.6 Å². The standard InChI is InChI=1S/C14H26ClFN2O4/c1-13(2,9-20)8-18-6-4-11(15)14(18,16)12(22)17-5-3-10(21)7-19/h10-11,19-21H,3-9H2,1-2H3,(H,17,22)/t10-,11?,14?/m0/s1. The van der Waals surface area contributed by atoms with Crippen molar-refractivity contribution in [2.45, 2.75) is 44.0 Å². The fraction of sp³-hybridized carbons (Fsp3) is 0.929. The van der Waals surface area contributed by atoms with E-state index in [9.17, 15) is 15.0 Å². The lowest BCUT2D eigenvalue weighted by Gasteiger charge is -2.36. The molecule has 0 aliphatic carbocycles. The molecule has 1 saturated heterocycles. The number of carbonyl (C=O) groups is 1. The van der Waals surface area contributed by atoms with Gasteiger partial charge in [-0.1, -0.05) is 13.8 Å². The van der Waals surface area contributed by atoms with Crippen LogP contribution in [0.5, 0.6) is 0 Å². The van der Waals surface area contributed by atoms with Gasteiger partial charge in [-0.25, -0.2) is 4.39 Å². The summed E-state index contributed by atoms with van der Waals surface area (Å²) >= 11 is 6.02. The molecule has 0 aromatic heterocycles. The number of nitrogens with zero attached hydrogens (tertiary/aromatic N) is 1. The minimum Gasteiger partial charge on any atom is -0.396 e. The van der Waals surface area contributed by atoms with E-state index in [2.05, 4.69) is 5.32 Å². The van der Waals surface area contributed by atoms with Gasteiger partial charge in [-0.05, 0) is 12.8 Å². The third-order valence-corrected chi connectivity index (χ3v) is 4.37. The summed E-state index contributed by atoms with van der Waals surface area (Å²) in [4.78, 5) is 13.6. The van der Waals surface area contributed by atoms with E-state index in [0.29, 0.717) is 13.0 Å². The highest BCUT2D eigenvalue weighted by atomic mass is 35.5. The number of aliphatic hydroxyl groups is 3. The van der Waals surface area contributed by atoms with Gasteiger partial charge in [0.2, 0.25) is 0 Å². The van der Waals surface area contributed by atoms with E-state index >= 15 is 4.39 Å². The number of rotatable bonds is 8. The van der Waals surface area contributed by atoms with Crippen LogP contribution in [-0.2, 0) is 4.79 Å². The van der Waals surface area contributed by atoms with Crippen LogP contribution >= 0.6 is 11.6 Å². The molecule has 0 radical (unpaired) electrons. The molecule has 8 heteroatoms. The Kier molecular flexibility index (Phi) is 7.01. The highest BCUT2D eigenvalue weighted by Crippen LogP contribution is 2.37. The maximum atomic E-state index is 15.2. The molecule has 3 atom stereocenters. The zero-order chi connectivity index (χ0) is 17.0. The molecule has 0 bridgehead atoms. The van der Waals surface area contributed by atoms with Gasteiger partial charge in [-0.2, -0.15) is 0 Å². The zero-order valence-electron chi connectivity index (χ0n) is 13.1. The van der Waals surface area contributed by atoms with Gasteiger partial charge in [0.15, 0.2) is 0 Å². The first kappa shape index (κ1) is 19.6. The first-order valence-electron chi connectivity index (χ1n) is 7.43. The van der Waals surface area contributed by atoms with Crippen molar-refractivity contribution in [3.05, 3.63) is 0 Å². The number of aliphatic hydroxyl groups excluding tert-OH is 3. The second-order valence-electron chi connectivity index (χ2n) is 6.55. The van der Waals surface area contributed by atoms with E-state index in [1.165, 1.54) is 4.90 Å². The Hall–Kier alpha value is -0.470. The number of halogens is 2. The van der Waals surface area contributed by atoms with E-state index < -0.39 is 35.2 Å². The summed E-state index contributed by atoms with van der Waals surface area (Å²) in [5.41, 5.74) is -0.550. The van der Waals surface area contributed by atoms with E-state index in [1.807, 2.05) is 0 Å². The fourth-order valence-electron chi connectivity index (χ4n) is 2.44. The highest BCUT2D eigenvalue weighted by molar-refractivity contribution is 6.23. The molecule has 0 saturated carbocycles. The van der Waals surface area contributed by atoms with Gasteiger partial charge in [-0.3, -0.25) is 9.69 Å². The lowest BCUT2D eigenvalue weighted by atomic mass is 9.93. The molecule has 1 aliphatic rings. The first-order chi connectivity index (χ1) is 10.2. The second-order valence-corrected chi connectivity index (χ2v) is 7.08. The van der Waals surface area contributed by atoms with Crippen LogP contribution in [0, 0.1) is 5.41 Å². The van der Waals surface area contributed by atoms with E-state index in [4.69, 9.17) is 16.7 Å². The van der Waals surface area contributed by atoms with Crippen molar-refractivity contribution in [1.82, 2.24) is 10.2 Å². The van der Waals surface area contributed by atoms with Gasteiger partial charge < -0.3 is 20.6 Å². The summed E-state index contributed by atoms with van der Waals surface area (Å²) in [7, 11) is 0. The summed E-state index contributed by atoms with van der Waals surface area (Å²) in [5, 5.41) is 28.7. The van der Waals surface area contributed by atoms with Gasteiger partial charge in [0, 0.05) is 31.7 Å². The highest BCUT2D eigenvalue weighted by Gasteiger charge is 2.55. The Balaban J connectivity index is 2.71. The van der Waals surface area contributed by atoms with Crippen LogP contribution < -0.4 is 5.32 Å². The number of hydrogen-bond donors (Lipinski definition) is 4. The molecule has 0 aromatic carbocycles. The van der Waals surface area contributed by atoms with Crippen LogP contribution in [-0.4, -0.2) is 76.2 Å². The molecule has 1 rings (SSSR count). The molecule has 1 heterocycles. The predicted octanol–water partition coefficient (Wildman–Crippen LogP) is -0.157. The Morgan fingerprint density at radius 2 is 2.18 bits per heavy atom. The van der Waals surface area contributed by atoms with Crippen molar-refractivity contribution in [3.8, 4) is 0 Å². The van der Waals surface area contributed by atoms with Crippen LogP contribution in [0.4, 0.5) is 4.39 Å². The average molecular weight is 341 g/mol. The molecule has 1 fully saturated rings. The van der Waals surface area contributed by atoms with E-state index in [-0.39, 0.29) is 26.1 Å². The van der Waals surface area contributed by atoms with Gasteiger partial charge in [0.1, 0.15) is 0 Å². The summed E-state index contributed by atoms with van der Waals surface area (Å²) in [5.74, 6) is -3.18. The largest absolute Gasteiger partial charge is 0.396 e. The Morgan fingerprint density at radius 1 is 1.55 bits per heavy atom. The molecule has 1 aliphatic heterocycles. The number of nitrogens with one attached hydrogen (secondary N) is 1. The monoisotopic (exact) mass is 340 g/mol. The zero-order valence-corrected chi connectivity index (χ0v) is 13.8. The summed E-state index contributed by atoms with van der Waals surface area (Å²) in [6.07, 6.45) is -0.477. The first-order valence-corrected chi connectivity index (χ1v) is 7.87. The van der Waals surface area contributed by atoms with Crippen molar-refractivity contribution in [2.75, 3.05) is 32.8 Å². The van der Waals surface area contributed by atoms with Crippen LogP contribution in [0.25, 0.3) is 0 Å². The van der Waals surface area contributed by atoms with Crippen LogP contribution in [0.3, 0.4) is 0 Å². The quantitative estimate of drug-likeness (QED) is 0.364.